The average molecular weight is 449 g/mol. The Bertz CT molecular complexity index is 1050. The Hall–Kier alpha value is -3.15. The number of carbonyl (C=O) groups is 2. The predicted octanol–water partition coefficient (Wildman–Crippen LogP) is 4.82. The van der Waals surface area contributed by atoms with Gasteiger partial charge in [-0.1, -0.05) is 44.2 Å². The fraction of sp³-hybridized carbons (Fsp3) is 0.444. The van der Waals surface area contributed by atoms with Crippen molar-refractivity contribution in [1.82, 2.24) is 19.8 Å². The summed E-state index contributed by atoms with van der Waals surface area (Å²) < 4.78 is 2.05. The lowest BCUT2D eigenvalue weighted by molar-refractivity contribution is -0.136. The number of hydrogen-bond donors (Lipinski definition) is 1. The number of rotatable bonds is 11. The standard InChI is InChI=1S/C27H36N4O2/c1-5-20(3)31(21(4)6-2)26(32)19-30-24-16-11-10-15-23(24)29-25(30)17-12-18-28-27(33)22-13-8-7-9-14-22/h7-11,13-16,20-21H,5-6,12,17-19H2,1-4H3,(H,28,33). The first kappa shape index (κ1) is 24.5. The quantitative estimate of drug-likeness (QED) is 0.428. The Morgan fingerprint density at radius 1 is 0.970 bits per heavy atom. The molecule has 0 spiro atoms. The number of benzene rings is 2. The topological polar surface area (TPSA) is 67.2 Å². The third-order valence-corrected chi connectivity index (χ3v) is 6.35. The van der Waals surface area contributed by atoms with E-state index in [1.807, 2.05) is 47.4 Å². The van der Waals surface area contributed by atoms with Crippen molar-refractivity contribution in [2.24, 2.45) is 0 Å². The highest BCUT2D eigenvalue weighted by molar-refractivity contribution is 5.94. The number of aromatic nitrogens is 2. The Morgan fingerprint density at radius 3 is 2.27 bits per heavy atom. The Morgan fingerprint density at radius 2 is 1.61 bits per heavy atom. The minimum Gasteiger partial charge on any atom is -0.352 e. The molecule has 0 saturated carbocycles. The molecule has 0 aliphatic carbocycles. The highest BCUT2D eigenvalue weighted by atomic mass is 16.2. The SMILES string of the molecule is CCC(C)N(C(=O)Cn1c(CCCNC(=O)c2ccccc2)nc2ccccc21)C(C)CC. The van der Waals surface area contributed by atoms with Crippen molar-refractivity contribution in [3.8, 4) is 0 Å². The van der Waals surface area contributed by atoms with Gasteiger partial charge in [-0.2, -0.15) is 0 Å². The van der Waals surface area contributed by atoms with Crippen LogP contribution in [0.3, 0.4) is 0 Å². The first-order valence-corrected chi connectivity index (χ1v) is 12.0. The number of aryl methyl sites for hydroxylation is 1. The van der Waals surface area contributed by atoms with Gasteiger partial charge in [-0.05, 0) is 57.4 Å². The molecule has 6 heteroatoms. The fourth-order valence-electron chi connectivity index (χ4n) is 4.17. The van der Waals surface area contributed by atoms with Gasteiger partial charge < -0.3 is 14.8 Å². The number of nitrogens with one attached hydrogen (secondary N) is 1. The van der Waals surface area contributed by atoms with Crippen molar-refractivity contribution in [3.05, 3.63) is 66.0 Å². The second kappa shape index (κ2) is 11.6. The summed E-state index contributed by atoms with van der Waals surface area (Å²) in [5, 5.41) is 2.98. The van der Waals surface area contributed by atoms with E-state index in [4.69, 9.17) is 4.98 Å². The predicted molar refractivity (Wildman–Crippen MR) is 133 cm³/mol. The molecule has 1 aromatic heterocycles. The second-order valence-electron chi connectivity index (χ2n) is 8.64. The number of fused-ring (bicyclic) bond motifs is 1. The van der Waals surface area contributed by atoms with Crippen molar-refractivity contribution in [2.75, 3.05) is 6.54 Å². The van der Waals surface area contributed by atoms with Crippen LogP contribution in [0.2, 0.25) is 0 Å². The van der Waals surface area contributed by atoms with E-state index in [-0.39, 0.29) is 30.4 Å². The average Bonchev–Trinajstić information content (AvgIpc) is 3.19. The van der Waals surface area contributed by atoms with E-state index in [2.05, 4.69) is 37.6 Å². The van der Waals surface area contributed by atoms with E-state index in [0.717, 1.165) is 36.1 Å². The largest absolute Gasteiger partial charge is 0.352 e. The molecule has 0 fully saturated rings. The zero-order valence-corrected chi connectivity index (χ0v) is 20.3. The van der Waals surface area contributed by atoms with Gasteiger partial charge in [0.2, 0.25) is 5.91 Å². The van der Waals surface area contributed by atoms with Gasteiger partial charge in [-0.15, -0.1) is 0 Å². The maximum absolute atomic E-state index is 13.4. The molecule has 0 bridgehead atoms. The first-order chi connectivity index (χ1) is 16.0. The van der Waals surface area contributed by atoms with E-state index in [0.29, 0.717) is 18.5 Å². The highest BCUT2D eigenvalue weighted by Gasteiger charge is 2.25. The summed E-state index contributed by atoms with van der Waals surface area (Å²) in [5.74, 6) is 0.935. The summed E-state index contributed by atoms with van der Waals surface area (Å²) in [6, 6.07) is 17.6. The van der Waals surface area contributed by atoms with Gasteiger partial charge in [-0.3, -0.25) is 9.59 Å². The van der Waals surface area contributed by atoms with E-state index >= 15 is 0 Å². The highest BCUT2D eigenvalue weighted by Crippen LogP contribution is 2.19. The first-order valence-electron chi connectivity index (χ1n) is 12.0. The van der Waals surface area contributed by atoms with Gasteiger partial charge in [0.05, 0.1) is 11.0 Å². The van der Waals surface area contributed by atoms with Gasteiger partial charge in [0, 0.05) is 30.6 Å². The summed E-state index contributed by atoms with van der Waals surface area (Å²) in [6.07, 6.45) is 3.28. The molecule has 176 valence electrons. The number of amides is 2. The molecule has 2 atom stereocenters. The third-order valence-electron chi connectivity index (χ3n) is 6.35. The summed E-state index contributed by atoms with van der Waals surface area (Å²) >= 11 is 0. The Kier molecular flexibility index (Phi) is 8.64. The van der Waals surface area contributed by atoms with Crippen LogP contribution in [0.1, 0.15) is 63.1 Å². The molecule has 2 amide bonds. The normalized spacial score (nSPS) is 13.0. The van der Waals surface area contributed by atoms with Gasteiger partial charge in [0.1, 0.15) is 12.4 Å². The zero-order valence-electron chi connectivity index (χ0n) is 20.3. The molecule has 6 nitrogen and oxygen atoms in total. The van der Waals surface area contributed by atoms with Crippen LogP contribution in [0.5, 0.6) is 0 Å². The molecule has 33 heavy (non-hydrogen) atoms. The summed E-state index contributed by atoms with van der Waals surface area (Å²) in [7, 11) is 0. The smallest absolute Gasteiger partial charge is 0.251 e. The lowest BCUT2D eigenvalue weighted by atomic mass is 10.1. The maximum Gasteiger partial charge on any atom is 0.251 e. The maximum atomic E-state index is 13.4. The molecule has 0 aliphatic heterocycles. The molecular weight excluding hydrogens is 412 g/mol. The van der Waals surface area contributed by atoms with Crippen LogP contribution < -0.4 is 5.32 Å². The molecule has 3 aromatic rings. The lowest BCUT2D eigenvalue weighted by Gasteiger charge is -2.34. The number of hydrogen-bond acceptors (Lipinski definition) is 3. The van der Waals surface area contributed by atoms with Crippen LogP contribution in [-0.4, -0.2) is 44.9 Å². The number of para-hydroxylation sites is 2. The molecule has 1 heterocycles. The van der Waals surface area contributed by atoms with Crippen LogP contribution in [0.25, 0.3) is 11.0 Å². The second-order valence-corrected chi connectivity index (χ2v) is 8.64. The summed E-state index contributed by atoms with van der Waals surface area (Å²) in [6.45, 7) is 9.31. The zero-order chi connectivity index (χ0) is 23.8. The Labute approximate surface area is 197 Å². The summed E-state index contributed by atoms with van der Waals surface area (Å²) in [4.78, 5) is 32.5. The number of carbonyl (C=O) groups excluding carboxylic acids is 2. The van der Waals surface area contributed by atoms with Crippen LogP contribution in [0.4, 0.5) is 0 Å². The van der Waals surface area contributed by atoms with Crippen molar-refractivity contribution >= 4 is 22.8 Å². The molecule has 0 saturated heterocycles. The molecule has 1 N–H and O–H groups in total. The Balaban J connectivity index is 1.72. The van der Waals surface area contributed by atoms with Crippen LogP contribution in [0.15, 0.2) is 54.6 Å². The van der Waals surface area contributed by atoms with Gasteiger partial charge in [0.25, 0.3) is 5.91 Å². The van der Waals surface area contributed by atoms with E-state index in [1.54, 1.807) is 12.1 Å². The molecular formula is C27H36N4O2. The van der Waals surface area contributed by atoms with Crippen molar-refractivity contribution in [3.63, 3.8) is 0 Å². The molecule has 0 radical (unpaired) electrons. The van der Waals surface area contributed by atoms with Crippen LogP contribution >= 0.6 is 0 Å². The monoisotopic (exact) mass is 448 g/mol. The van der Waals surface area contributed by atoms with E-state index in [1.165, 1.54) is 0 Å². The molecule has 3 rings (SSSR count). The third kappa shape index (κ3) is 6.01. The molecule has 2 aromatic carbocycles. The van der Waals surface area contributed by atoms with Crippen molar-refractivity contribution in [1.29, 1.82) is 0 Å². The fourth-order valence-corrected chi connectivity index (χ4v) is 4.17. The van der Waals surface area contributed by atoms with E-state index in [9.17, 15) is 9.59 Å². The van der Waals surface area contributed by atoms with Gasteiger partial charge >= 0.3 is 0 Å². The molecule has 0 aliphatic rings. The van der Waals surface area contributed by atoms with Crippen molar-refractivity contribution < 1.29 is 9.59 Å². The minimum absolute atomic E-state index is 0.0722. The summed E-state index contributed by atoms with van der Waals surface area (Å²) in [5.41, 5.74) is 2.53. The lowest BCUT2D eigenvalue weighted by Crippen LogP contribution is -2.45. The van der Waals surface area contributed by atoms with Crippen molar-refractivity contribution in [2.45, 2.75) is 72.0 Å². The molecule has 2 unspecified atom stereocenters. The van der Waals surface area contributed by atoms with E-state index < -0.39 is 0 Å². The number of nitrogens with zero attached hydrogens (tertiary/aromatic N) is 3. The van der Waals surface area contributed by atoms with Gasteiger partial charge in [0.15, 0.2) is 0 Å². The van der Waals surface area contributed by atoms with Crippen LogP contribution in [-0.2, 0) is 17.8 Å². The number of imidazole rings is 1. The van der Waals surface area contributed by atoms with Crippen LogP contribution in [0, 0.1) is 0 Å². The minimum atomic E-state index is -0.0722. The van der Waals surface area contributed by atoms with Gasteiger partial charge in [-0.25, -0.2) is 4.98 Å².